The lowest BCUT2D eigenvalue weighted by atomic mass is 10.0. The van der Waals surface area contributed by atoms with E-state index in [0.29, 0.717) is 0 Å². The summed E-state index contributed by atoms with van der Waals surface area (Å²) < 4.78 is 2.57. The Morgan fingerprint density at radius 2 is 1.30 bits per heavy atom. The predicted molar refractivity (Wildman–Crippen MR) is 102 cm³/mol. The molecule has 0 aliphatic carbocycles. The van der Waals surface area contributed by atoms with E-state index in [0.717, 1.165) is 0 Å². The summed E-state index contributed by atoms with van der Waals surface area (Å²) in [6.45, 7) is 8.10. The highest BCUT2D eigenvalue weighted by Gasteiger charge is 2.15. The molecule has 0 aromatic carbocycles. The third-order valence-corrected chi connectivity index (χ3v) is 4.85. The maximum atomic E-state index is 2.57. The van der Waals surface area contributed by atoms with Gasteiger partial charge >= 0.3 is 0 Å². The van der Waals surface area contributed by atoms with E-state index in [9.17, 15) is 0 Å². The van der Waals surface area contributed by atoms with Crippen LogP contribution in [0.1, 0.15) is 103 Å². The van der Waals surface area contributed by atoms with Crippen molar-refractivity contribution in [3.05, 3.63) is 29.6 Å². The van der Waals surface area contributed by atoms with E-state index < -0.39 is 0 Å². The summed E-state index contributed by atoms with van der Waals surface area (Å²) in [5.74, 6) is 0. The highest BCUT2D eigenvalue weighted by Crippen LogP contribution is 2.13. The van der Waals surface area contributed by atoms with E-state index in [1.165, 1.54) is 90.0 Å². The maximum Gasteiger partial charge on any atom is 0.184 e. The van der Waals surface area contributed by atoms with Gasteiger partial charge in [0.1, 0.15) is 6.54 Å². The highest BCUT2D eigenvalue weighted by molar-refractivity contribution is 5.16. The molecule has 0 N–H and O–H groups in total. The van der Waals surface area contributed by atoms with E-state index in [1.54, 1.807) is 11.3 Å². The molecule has 0 unspecified atom stereocenters. The van der Waals surface area contributed by atoms with Crippen LogP contribution in [-0.2, 0) is 19.4 Å². The van der Waals surface area contributed by atoms with Crippen LogP contribution in [0.25, 0.3) is 0 Å². The summed E-state index contributed by atoms with van der Waals surface area (Å²) >= 11 is 0. The number of rotatable bonds is 14. The predicted octanol–water partition coefficient (Wildman–Crippen LogP) is 6.41. The van der Waals surface area contributed by atoms with Crippen molar-refractivity contribution in [3.8, 4) is 0 Å². The number of hydrogen-bond acceptors (Lipinski definition) is 0. The Morgan fingerprint density at radius 1 is 0.696 bits per heavy atom. The van der Waals surface area contributed by atoms with Crippen molar-refractivity contribution in [2.75, 3.05) is 0 Å². The lowest BCUT2D eigenvalue weighted by molar-refractivity contribution is -0.705. The molecule has 1 aromatic rings. The summed E-state index contributed by atoms with van der Waals surface area (Å²) in [6.07, 6.45) is 19.8. The van der Waals surface area contributed by atoms with Crippen molar-refractivity contribution in [1.82, 2.24) is 0 Å². The average molecular weight is 319 g/mol. The zero-order chi connectivity index (χ0) is 16.8. The third-order valence-electron chi connectivity index (χ3n) is 4.85. The first kappa shape index (κ1) is 20.2. The maximum absolute atomic E-state index is 2.57. The highest BCUT2D eigenvalue weighted by atomic mass is 15.0. The molecule has 0 spiro atoms. The van der Waals surface area contributed by atoms with Crippen LogP contribution >= 0.6 is 0 Å². The fourth-order valence-electron chi connectivity index (χ4n) is 3.37. The Morgan fingerprint density at radius 3 is 2.00 bits per heavy atom. The van der Waals surface area contributed by atoms with Crippen LogP contribution in [0.4, 0.5) is 0 Å². The summed E-state index contributed by atoms with van der Waals surface area (Å²) in [5.41, 5.74) is 3.25. The van der Waals surface area contributed by atoms with Crippen molar-refractivity contribution in [1.29, 1.82) is 0 Å². The third kappa shape index (κ3) is 8.53. The van der Waals surface area contributed by atoms with E-state index >= 15 is 0 Å². The van der Waals surface area contributed by atoms with Crippen molar-refractivity contribution in [3.63, 3.8) is 0 Å². The van der Waals surface area contributed by atoms with Crippen LogP contribution in [0.5, 0.6) is 0 Å². The van der Waals surface area contributed by atoms with Crippen molar-refractivity contribution < 1.29 is 4.57 Å². The first-order valence-electron chi connectivity index (χ1n) is 10.3. The monoisotopic (exact) mass is 318 g/mol. The van der Waals surface area contributed by atoms with Gasteiger partial charge in [-0.25, -0.2) is 4.57 Å². The normalized spacial score (nSPS) is 11.1. The summed E-state index contributed by atoms with van der Waals surface area (Å²) in [6, 6.07) is 4.65. The second-order valence-corrected chi connectivity index (χ2v) is 7.00. The molecule has 0 saturated heterocycles. The van der Waals surface area contributed by atoms with Gasteiger partial charge in [0.25, 0.3) is 0 Å². The number of unbranched alkanes of at least 4 members (excludes halogenated alkanes) is 8. The molecule has 132 valence electrons. The summed E-state index contributed by atoms with van der Waals surface area (Å²) in [4.78, 5) is 0. The van der Waals surface area contributed by atoms with Gasteiger partial charge in [-0.05, 0) is 31.7 Å². The lowest BCUT2D eigenvalue weighted by Crippen LogP contribution is -2.39. The van der Waals surface area contributed by atoms with Gasteiger partial charge in [0.15, 0.2) is 11.9 Å². The van der Waals surface area contributed by atoms with Gasteiger partial charge in [-0.15, -0.1) is 0 Å². The molecule has 23 heavy (non-hydrogen) atoms. The molecule has 1 aromatic heterocycles. The fourth-order valence-corrected chi connectivity index (χ4v) is 3.37. The standard InChI is InChI=1S/C22H40N/c1-4-7-10-11-14-19-23-20-15-17-21(16-12-8-5-2)22(23)18-13-9-6-3/h15,17,20H,4-14,16,18-19H2,1-3H3/q+1. The molecule has 1 nitrogen and oxygen atoms in total. The molecule has 0 bridgehead atoms. The minimum Gasteiger partial charge on any atom is -0.202 e. The van der Waals surface area contributed by atoms with Gasteiger partial charge in [-0.1, -0.05) is 65.7 Å². The Labute approximate surface area is 145 Å². The molecule has 0 fully saturated rings. The molecule has 0 atom stereocenters. The van der Waals surface area contributed by atoms with Crippen LogP contribution in [0.15, 0.2) is 18.3 Å². The second kappa shape index (κ2) is 13.6. The van der Waals surface area contributed by atoms with Gasteiger partial charge in [-0.2, -0.15) is 0 Å². The first-order chi connectivity index (χ1) is 11.3. The summed E-state index contributed by atoms with van der Waals surface area (Å²) in [5, 5.41) is 0. The first-order valence-corrected chi connectivity index (χ1v) is 10.3. The number of hydrogen-bond donors (Lipinski definition) is 0. The Bertz CT molecular complexity index is 397. The molecule has 1 heteroatoms. The Kier molecular flexibility index (Phi) is 11.9. The van der Waals surface area contributed by atoms with Crippen molar-refractivity contribution >= 4 is 0 Å². The van der Waals surface area contributed by atoms with E-state index in [4.69, 9.17) is 0 Å². The Hall–Kier alpha value is -0.850. The fraction of sp³-hybridized carbons (Fsp3) is 0.773. The number of nitrogens with zero attached hydrogens (tertiary/aromatic N) is 1. The molecule has 0 amide bonds. The van der Waals surface area contributed by atoms with Crippen molar-refractivity contribution in [2.45, 2.75) is 111 Å². The zero-order valence-corrected chi connectivity index (χ0v) is 16.1. The average Bonchev–Trinajstić information content (AvgIpc) is 2.57. The van der Waals surface area contributed by atoms with Crippen LogP contribution in [0.2, 0.25) is 0 Å². The number of aromatic nitrogens is 1. The molecule has 0 saturated carbocycles. The minimum absolute atomic E-state index is 1.22. The smallest absolute Gasteiger partial charge is 0.184 e. The molecule has 1 rings (SSSR count). The van der Waals surface area contributed by atoms with E-state index in [2.05, 4.69) is 43.7 Å². The number of pyridine rings is 1. The molecular formula is C22H40N+. The van der Waals surface area contributed by atoms with Crippen LogP contribution in [0.3, 0.4) is 0 Å². The lowest BCUT2D eigenvalue weighted by Gasteiger charge is -2.10. The van der Waals surface area contributed by atoms with E-state index in [1.807, 2.05) is 0 Å². The summed E-state index contributed by atoms with van der Waals surface area (Å²) in [7, 11) is 0. The van der Waals surface area contributed by atoms with Gasteiger partial charge in [-0.3, -0.25) is 0 Å². The molecular weight excluding hydrogens is 278 g/mol. The second-order valence-electron chi connectivity index (χ2n) is 7.00. The van der Waals surface area contributed by atoms with Gasteiger partial charge in [0, 0.05) is 24.5 Å². The largest absolute Gasteiger partial charge is 0.202 e. The van der Waals surface area contributed by atoms with Crippen molar-refractivity contribution in [2.24, 2.45) is 0 Å². The number of aryl methyl sites for hydroxylation is 2. The quantitative estimate of drug-likeness (QED) is 0.275. The van der Waals surface area contributed by atoms with Crippen LogP contribution < -0.4 is 4.57 Å². The molecule has 0 radical (unpaired) electrons. The van der Waals surface area contributed by atoms with Gasteiger partial charge < -0.3 is 0 Å². The minimum atomic E-state index is 1.22. The van der Waals surface area contributed by atoms with Gasteiger partial charge in [0.05, 0.1) is 0 Å². The SMILES string of the molecule is CCCCCCC[n+]1cccc(CCCCC)c1CCCCC. The van der Waals surface area contributed by atoms with E-state index in [-0.39, 0.29) is 0 Å². The Balaban J connectivity index is 2.66. The van der Waals surface area contributed by atoms with Crippen LogP contribution in [0, 0.1) is 0 Å². The molecule has 0 aliphatic heterocycles. The molecule has 0 aliphatic rings. The zero-order valence-electron chi connectivity index (χ0n) is 16.1. The van der Waals surface area contributed by atoms with Crippen LogP contribution in [-0.4, -0.2) is 0 Å². The molecule has 1 heterocycles. The van der Waals surface area contributed by atoms with Gasteiger partial charge in [0.2, 0.25) is 0 Å². The topological polar surface area (TPSA) is 3.88 Å².